The monoisotopic (exact) mass is 167 g/mol. The van der Waals surface area contributed by atoms with Crippen molar-refractivity contribution in [3.8, 4) is 0 Å². The quantitative estimate of drug-likeness (QED) is 0.621. The fourth-order valence-corrected chi connectivity index (χ4v) is 2.28. The zero-order valence-electron chi connectivity index (χ0n) is 8.23. The van der Waals surface area contributed by atoms with Crippen LogP contribution in [-0.4, -0.2) is 12.1 Å². The predicted molar refractivity (Wildman–Crippen MR) is 54.3 cm³/mol. The first-order chi connectivity index (χ1) is 5.83. The molecule has 1 unspecified atom stereocenters. The molecule has 70 valence electrons. The van der Waals surface area contributed by atoms with Crippen molar-refractivity contribution in [2.24, 2.45) is 0 Å². The van der Waals surface area contributed by atoms with E-state index < -0.39 is 0 Å². The molecule has 1 atom stereocenters. The maximum Gasteiger partial charge on any atom is 0.0184 e. The fourth-order valence-electron chi connectivity index (χ4n) is 2.28. The lowest BCUT2D eigenvalue weighted by Crippen LogP contribution is -2.39. The molecule has 0 saturated carbocycles. The average Bonchev–Trinajstić information content (AvgIpc) is 2.51. The van der Waals surface area contributed by atoms with Crippen molar-refractivity contribution < 1.29 is 0 Å². The summed E-state index contributed by atoms with van der Waals surface area (Å²) >= 11 is 0. The average molecular weight is 167 g/mol. The zero-order chi connectivity index (χ0) is 8.86. The Bertz CT molecular complexity index is 134. The van der Waals surface area contributed by atoms with E-state index in [1.807, 2.05) is 6.08 Å². The van der Waals surface area contributed by atoms with Crippen LogP contribution in [0.5, 0.6) is 0 Å². The summed E-state index contributed by atoms with van der Waals surface area (Å²) in [6.07, 6.45) is 9.84. The van der Waals surface area contributed by atoms with Crippen molar-refractivity contribution >= 4 is 0 Å². The summed E-state index contributed by atoms with van der Waals surface area (Å²) in [6.45, 7) is 7.28. The molecule has 1 saturated heterocycles. The van der Waals surface area contributed by atoms with Gasteiger partial charge in [-0.15, -0.1) is 6.58 Å². The van der Waals surface area contributed by atoms with Gasteiger partial charge in [0.05, 0.1) is 0 Å². The maximum absolute atomic E-state index is 3.79. The van der Waals surface area contributed by atoms with E-state index >= 15 is 0 Å². The van der Waals surface area contributed by atoms with E-state index in [0.29, 0.717) is 5.54 Å². The SMILES string of the molecule is C=CCCC1(CCC)CCCN1. The molecule has 0 aromatic heterocycles. The van der Waals surface area contributed by atoms with Crippen molar-refractivity contribution in [2.45, 2.75) is 51.0 Å². The van der Waals surface area contributed by atoms with Crippen molar-refractivity contribution in [3.05, 3.63) is 12.7 Å². The van der Waals surface area contributed by atoms with Crippen LogP contribution in [0, 0.1) is 0 Å². The third-order valence-corrected chi connectivity index (χ3v) is 2.89. The smallest absolute Gasteiger partial charge is 0.0184 e. The molecule has 1 aliphatic heterocycles. The molecule has 0 aromatic carbocycles. The van der Waals surface area contributed by atoms with Crippen molar-refractivity contribution in [1.29, 1.82) is 0 Å². The van der Waals surface area contributed by atoms with Gasteiger partial charge in [-0.2, -0.15) is 0 Å². The van der Waals surface area contributed by atoms with E-state index in [4.69, 9.17) is 0 Å². The van der Waals surface area contributed by atoms with Crippen LogP contribution in [0.1, 0.15) is 45.4 Å². The molecular weight excluding hydrogens is 146 g/mol. The Kier molecular flexibility index (Phi) is 3.80. The Hall–Kier alpha value is -0.300. The van der Waals surface area contributed by atoms with Gasteiger partial charge < -0.3 is 5.32 Å². The van der Waals surface area contributed by atoms with Crippen LogP contribution < -0.4 is 5.32 Å². The van der Waals surface area contributed by atoms with Gasteiger partial charge in [-0.1, -0.05) is 19.4 Å². The molecule has 0 bridgehead atoms. The standard InChI is InChI=1S/C11H21N/c1-3-5-8-11(7-4-2)9-6-10-12-11/h3,12H,1,4-10H2,2H3. The second kappa shape index (κ2) is 4.66. The minimum atomic E-state index is 0.475. The third kappa shape index (κ3) is 2.34. The van der Waals surface area contributed by atoms with Crippen LogP contribution in [0.4, 0.5) is 0 Å². The van der Waals surface area contributed by atoms with E-state index in [9.17, 15) is 0 Å². The van der Waals surface area contributed by atoms with Gasteiger partial charge in [0.1, 0.15) is 0 Å². The van der Waals surface area contributed by atoms with E-state index in [2.05, 4.69) is 18.8 Å². The van der Waals surface area contributed by atoms with Gasteiger partial charge in [0, 0.05) is 5.54 Å². The third-order valence-electron chi connectivity index (χ3n) is 2.89. The maximum atomic E-state index is 3.79. The van der Waals surface area contributed by atoms with Gasteiger partial charge in [0.2, 0.25) is 0 Å². The summed E-state index contributed by atoms with van der Waals surface area (Å²) in [6, 6.07) is 0. The number of hydrogen-bond donors (Lipinski definition) is 1. The van der Waals surface area contributed by atoms with Crippen LogP contribution in [0.15, 0.2) is 12.7 Å². The number of allylic oxidation sites excluding steroid dienone is 1. The Morgan fingerprint density at radius 1 is 1.50 bits per heavy atom. The normalized spacial score (nSPS) is 29.1. The van der Waals surface area contributed by atoms with Gasteiger partial charge >= 0.3 is 0 Å². The summed E-state index contributed by atoms with van der Waals surface area (Å²) in [4.78, 5) is 0. The van der Waals surface area contributed by atoms with Gasteiger partial charge in [-0.25, -0.2) is 0 Å². The van der Waals surface area contributed by atoms with E-state index in [1.54, 1.807) is 0 Å². The highest BCUT2D eigenvalue weighted by Gasteiger charge is 2.30. The molecule has 1 rings (SSSR count). The van der Waals surface area contributed by atoms with Gasteiger partial charge in [-0.05, 0) is 38.6 Å². The molecule has 0 aromatic rings. The predicted octanol–water partition coefficient (Wildman–Crippen LogP) is 2.87. The summed E-state index contributed by atoms with van der Waals surface area (Å²) in [7, 11) is 0. The minimum Gasteiger partial charge on any atom is -0.311 e. The summed E-state index contributed by atoms with van der Waals surface area (Å²) in [5.74, 6) is 0. The largest absolute Gasteiger partial charge is 0.311 e. The lowest BCUT2D eigenvalue weighted by molar-refractivity contribution is 0.322. The Balaban J connectivity index is 2.40. The van der Waals surface area contributed by atoms with E-state index in [-0.39, 0.29) is 0 Å². The highest BCUT2D eigenvalue weighted by molar-refractivity contribution is 4.93. The first-order valence-electron chi connectivity index (χ1n) is 5.19. The highest BCUT2D eigenvalue weighted by Crippen LogP contribution is 2.29. The molecule has 1 aliphatic rings. The molecule has 0 amide bonds. The zero-order valence-corrected chi connectivity index (χ0v) is 8.23. The Labute approximate surface area is 76.2 Å². The van der Waals surface area contributed by atoms with Gasteiger partial charge in [-0.3, -0.25) is 0 Å². The Morgan fingerprint density at radius 2 is 2.33 bits per heavy atom. The van der Waals surface area contributed by atoms with Gasteiger partial charge in [0.25, 0.3) is 0 Å². The van der Waals surface area contributed by atoms with Crippen molar-refractivity contribution in [2.75, 3.05) is 6.54 Å². The molecule has 1 nitrogen and oxygen atoms in total. The first kappa shape index (κ1) is 9.79. The summed E-state index contributed by atoms with van der Waals surface area (Å²) < 4.78 is 0. The van der Waals surface area contributed by atoms with E-state index in [0.717, 1.165) is 6.42 Å². The molecular formula is C11H21N. The fraction of sp³-hybridized carbons (Fsp3) is 0.818. The van der Waals surface area contributed by atoms with E-state index in [1.165, 1.54) is 38.6 Å². The molecule has 12 heavy (non-hydrogen) atoms. The number of rotatable bonds is 5. The molecule has 1 heterocycles. The van der Waals surface area contributed by atoms with Crippen LogP contribution in [0.3, 0.4) is 0 Å². The summed E-state index contributed by atoms with van der Waals surface area (Å²) in [5, 5.41) is 3.66. The van der Waals surface area contributed by atoms with Crippen LogP contribution >= 0.6 is 0 Å². The summed E-state index contributed by atoms with van der Waals surface area (Å²) in [5.41, 5.74) is 0.475. The first-order valence-corrected chi connectivity index (χ1v) is 5.19. The number of hydrogen-bond acceptors (Lipinski definition) is 1. The molecule has 1 N–H and O–H groups in total. The van der Waals surface area contributed by atoms with Crippen LogP contribution in [0.2, 0.25) is 0 Å². The molecule has 0 spiro atoms. The second-order valence-corrected chi connectivity index (χ2v) is 3.89. The number of nitrogens with one attached hydrogen (secondary N) is 1. The molecule has 1 heteroatoms. The van der Waals surface area contributed by atoms with Crippen molar-refractivity contribution in [1.82, 2.24) is 5.32 Å². The second-order valence-electron chi connectivity index (χ2n) is 3.89. The molecule has 1 fully saturated rings. The molecule has 0 radical (unpaired) electrons. The lowest BCUT2D eigenvalue weighted by Gasteiger charge is -2.28. The minimum absolute atomic E-state index is 0.475. The highest BCUT2D eigenvalue weighted by atomic mass is 15.0. The van der Waals surface area contributed by atoms with Gasteiger partial charge in [0.15, 0.2) is 0 Å². The van der Waals surface area contributed by atoms with Crippen molar-refractivity contribution in [3.63, 3.8) is 0 Å². The molecule has 0 aliphatic carbocycles. The van der Waals surface area contributed by atoms with Crippen LogP contribution in [0.25, 0.3) is 0 Å². The Morgan fingerprint density at radius 3 is 2.83 bits per heavy atom. The topological polar surface area (TPSA) is 12.0 Å². The van der Waals surface area contributed by atoms with Crippen LogP contribution in [-0.2, 0) is 0 Å². The lowest BCUT2D eigenvalue weighted by atomic mass is 9.87.